The first-order valence-corrected chi connectivity index (χ1v) is 5.96. The first kappa shape index (κ1) is 12.4. The van der Waals surface area contributed by atoms with Gasteiger partial charge in [0.05, 0.1) is 17.9 Å². The summed E-state index contributed by atoms with van der Waals surface area (Å²) in [5.74, 6) is -0.0718. The SMILES string of the molecule is [N-]=[N+]=Nc1ccccc1NC(=O)CN1CCCC1. The maximum absolute atomic E-state index is 11.8. The fourth-order valence-electron chi connectivity index (χ4n) is 2.05. The number of benzene rings is 1. The van der Waals surface area contributed by atoms with Crippen LogP contribution in [0.15, 0.2) is 29.4 Å². The van der Waals surface area contributed by atoms with Crippen LogP contribution in [0.4, 0.5) is 11.4 Å². The van der Waals surface area contributed by atoms with Crippen molar-refractivity contribution >= 4 is 17.3 Å². The normalized spacial score (nSPS) is 15.1. The van der Waals surface area contributed by atoms with E-state index >= 15 is 0 Å². The molecule has 0 aliphatic carbocycles. The zero-order valence-corrected chi connectivity index (χ0v) is 10.0. The number of likely N-dealkylation sites (tertiary alicyclic amines) is 1. The zero-order chi connectivity index (χ0) is 12.8. The van der Waals surface area contributed by atoms with Crippen LogP contribution in [0.5, 0.6) is 0 Å². The lowest BCUT2D eigenvalue weighted by Gasteiger charge is -2.14. The molecule has 6 heteroatoms. The van der Waals surface area contributed by atoms with E-state index in [0.717, 1.165) is 25.9 Å². The van der Waals surface area contributed by atoms with Gasteiger partial charge in [0.1, 0.15) is 0 Å². The van der Waals surface area contributed by atoms with Gasteiger partial charge in [-0.05, 0) is 37.5 Å². The molecule has 0 saturated carbocycles. The molecule has 0 radical (unpaired) electrons. The minimum Gasteiger partial charge on any atom is -0.325 e. The third-order valence-corrected chi connectivity index (χ3v) is 2.90. The standard InChI is InChI=1S/C12H15N5O/c13-16-15-11-6-2-1-5-10(11)14-12(18)9-17-7-3-4-8-17/h1-2,5-6H,3-4,7-9H2,(H,14,18). The molecule has 1 aliphatic rings. The van der Waals surface area contributed by atoms with E-state index in [1.165, 1.54) is 0 Å². The minimum absolute atomic E-state index is 0.0718. The predicted molar refractivity (Wildman–Crippen MR) is 69.6 cm³/mol. The largest absolute Gasteiger partial charge is 0.325 e. The van der Waals surface area contributed by atoms with E-state index in [9.17, 15) is 4.79 Å². The number of nitrogens with zero attached hydrogens (tertiary/aromatic N) is 4. The van der Waals surface area contributed by atoms with Crippen LogP contribution in [0.2, 0.25) is 0 Å². The summed E-state index contributed by atoms with van der Waals surface area (Å²) in [6.07, 6.45) is 2.31. The first-order chi connectivity index (χ1) is 8.79. The van der Waals surface area contributed by atoms with E-state index in [-0.39, 0.29) is 5.91 Å². The molecule has 94 valence electrons. The summed E-state index contributed by atoms with van der Waals surface area (Å²) in [4.78, 5) is 16.7. The summed E-state index contributed by atoms with van der Waals surface area (Å²) in [7, 11) is 0. The summed E-state index contributed by atoms with van der Waals surface area (Å²) in [5.41, 5.74) is 9.44. The predicted octanol–water partition coefficient (Wildman–Crippen LogP) is 2.66. The third-order valence-electron chi connectivity index (χ3n) is 2.90. The molecule has 18 heavy (non-hydrogen) atoms. The first-order valence-electron chi connectivity index (χ1n) is 5.96. The van der Waals surface area contributed by atoms with Crippen molar-refractivity contribution < 1.29 is 4.79 Å². The van der Waals surface area contributed by atoms with Crippen LogP contribution in [0.25, 0.3) is 10.4 Å². The van der Waals surface area contributed by atoms with Gasteiger partial charge in [-0.1, -0.05) is 23.3 Å². The lowest BCUT2D eigenvalue weighted by atomic mass is 10.2. The van der Waals surface area contributed by atoms with Gasteiger partial charge in [0.2, 0.25) is 5.91 Å². The van der Waals surface area contributed by atoms with Crippen LogP contribution in [-0.2, 0) is 4.79 Å². The Hall–Kier alpha value is -2.04. The van der Waals surface area contributed by atoms with Crippen LogP contribution in [-0.4, -0.2) is 30.4 Å². The molecule has 1 aromatic rings. The number of rotatable bonds is 4. The highest BCUT2D eigenvalue weighted by Crippen LogP contribution is 2.24. The maximum Gasteiger partial charge on any atom is 0.238 e. The van der Waals surface area contributed by atoms with E-state index < -0.39 is 0 Å². The lowest BCUT2D eigenvalue weighted by molar-refractivity contribution is -0.117. The molecule has 1 fully saturated rings. The van der Waals surface area contributed by atoms with Crippen molar-refractivity contribution in [3.05, 3.63) is 34.7 Å². The number of carbonyl (C=O) groups is 1. The Labute approximate surface area is 105 Å². The van der Waals surface area contributed by atoms with Crippen molar-refractivity contribution in [2.75, 3.05) is 25.0 Å². The molecule has 6 nitrogen and oxygen atoms in total. The Kier molecular flexibility index (Phi) is 4.17. The average molecular weight is 245 g/mol. The van der Waals surface area contributed by atoms with Crippen molar-refractivity contribution in [2.45, 2.75) is 12.8 Å². The van der Waals surface area contributed by atoms with Crippen molar-refractivity contribution in [2.24, 2.45) is 5.11 Å². The van der Waals surface area contributed by atoms with Gasteiger partial charge in [-0.3, -0.25) is 9.69 Å². The van der Waals surface area contributed by atoms with E-state index in [4.69, 9.17) is 5.53 Å². The van der Waals surface area contributed by atoms with Gasteiger partial charge in [-0.15, -0.1) is 0 Å². The quantitative estimate of drug-likeness (QED) is 0.502. The monoisotopic (exact) mass is 245 g/mol. The van der Waals surface area contributed by atoms with E-state index in [1.54, 1.807) is 24.3 Å². The van der Waals surface area contributed by atoms with E-state index in [2.05, 4.69) is 20.2 Å². The second kappa shape index (κ2) is 6.05. The Morgan fingerprint density at radius 2 is 2.11 bits per heavy atom. The number of amides is 1. The smallest absolute Gasteiger partial charge is 0.238 e. The summed E-state index contributed by atoms with van der Waals surface area (Å²) in [6.45, 7) is 2.35. The number of nitrogens with one attached hydrogen (secondary N) is 1. The molecule has 1 saturated heterocycles. The summed E-state index contributed by atoms with van der Waals surface area (Å²) >= 11 is 0. The fraction of sp³-hybridized carbons (Fsp3) is 0.417. The molecule has 0 spiro atoms. The molecule has 1 aliphatic heterocycles. The van der Waals surface area contributed by atoms with Crippen LogP contribution in [0, 0.1) is 0 Å². The van der Waals surface area contributed by atoms with Gasteiger partial charge >= 0.3 is 0 Å². The fourth-order valence-corrected chi connectivity index (χ4v) is 2.05. The Morgan fingerprint density at radius 1 is 1.39 bits per heavy atom. The number of para-hydroxylation sites is 1. The molecular weight excluding hydrogens is 230 g/mol. The van der Waals surface area contributed by atoms with Crippen molar-refractivity contribution in [1.82, 2.24) is 4.90 Å². The molecule has 0 atom stereocenters. The second-order valence-electron chi connectivity index (χ2n) is 4.24. The lowest BCUT2D eigenvalue weighted by Crippen LogP contribution is -2.30. The van der Waals surface area contributed by atoms with Crippen LogP contribution in [0.3, 0.4) is 0 Å². The van der Waals surface area contributed by atoms with Crippen molar-refractivity contribution in [1.29, 1.82) is 0 Å². The number of hydrogen-bond donors (Lipinski definition) is 1. The van der Waals surface area contributed by atoms with Gasteiger partial charge in [0.25, 0.3) is 0 Å². The summed E-state index contributed by atoms with van der Waals surface area (Å²) < 4.78 is 0. The van der Waals surface area contributed by atoms with Crippen LogP contribution < -0.4 is 5.32 Å². The second-order valence-corrected chi connectivity index (χ2v) is 4.24. The number of anilines is 1. The topological polar surface area (TPSA) is 81.1 Å². The zero-order valence-electron chi connectivity index (χ0n) is 10.0. The molecule has 2 rings (SSSR count). The average Bonchev–Trinajstić information content (AvgIpc) is 2.84. The van der Waals surface area contributed by atoms with Gasteiger partial charge in [0.15, 0.2) is 0 Å². The molecule has 0 bridgehead atoms. The Balaban J connectivity index is 1.99. The number of carbonyl (C=O) groups excluding carboxylic acids is 1. The maximum atomic E-state index is 11.8. The van der Waals surface area contributed by atoms with Gasteiger partial charge in [0, 0.05) is 4.91 Å². The van der Waals surface area contributed by atoms with Gasteiger partial charge < -0.3 is 5.32 Å². The van der Waals surface area contributed by atoms with E-state index in [0.29, 0.717) is 17.9 Å². The Bertz CT molecular complexity index is 475. The third kappa shape index (κ3) is 3.23. The number of hydrogen-bond acceptors (Lipinski definition) is 3. The molecular formula is C12H15N5O. The van der Waals surface area contributed by atoms with Crippen LogP contribution in [0.1, 0.15) is 12.8 Å². The highest BCUT2D eigenvalue weighted by molar-refractivity contribution is 5.94. The molecule has 1 aromatic carbocycles. The molecule has 1 heterocycles. The minimum atomic E-state index is -0.0718. The van der Waals surface area contributed by atoms with Crippen LogP contribution >= 0.6 is 0 Å². The molecule has 1 N–H and O–H groups in total. The van der Waals surface area contributed by atoms with Crippen molar-refractivity contribution in [3.63, 3.8) is 0 Å². The highest BCUT2D eigenvalue weighted by atomic mass is 16.2. The van der Waals surface area contributed by atoms with E-state index in [1.807, 2.05) is 0 Å². The number of azide groups is 1. The summed E-state index contributed by atoms with van der Waals surface area (Å²) in [5, 5.41) is 6.32. The van der Waals surface area contributed by atoms with Gasteiger partial charge in [-0.2, -0.15) is 0 Å². The highest BCUT2D eigenvalue weighted by Gasteiger charge is 2.15. The summed E-state index contributed by atoms with van der Waals surface area (Å²) in [6, 6.07) is 6.96. The molecule has 0 unspecified atom stereocenters. The van der Waals surface area contributed by atoms with Gasteiger partial charge in [-0.25, -0.2) is 0 Å². The Morgan fingerprint density at radius 3 is 2.83 bits per heavy atom. The van der Waals surface area contributed by atoms with Crippen molar-refractivity contribution in [3.8, 4) is 0 Å². The molecule has 1 amide bonds. The molecule has 0 aromatic heterocycles.